The van der Waals surface area contributed by atoms with Gasteiger partial charge in [-0.25, -0.2) is 0 Å². The molecule has 4 heteroatoms. The topological polar surface area (TPSA) is 60.7 Å². The van der Waals surface area contributed by atoms with Gasteiger partial charge in [-0.1, -0.05) is 13.3 Å². The third kappa shape index (κ3) is 266. The molecule has 0 aliphatic rings. The van der Waals surface area contributed by atoms with Gasteiger partial charge in [-0.05, 0) is 0 Å². The predicted molar refractivity (Wildman–Crippen MR) is 44.7 cm³/mol. The van der Waals surface area contributed by atoms with Gasteiger partial charge >= 0.3 is 0 Å². The van der Waals surface area contributed by atoms with Gasteiger partial charge in [-0.2, -0.15) is 6.42 Å². The average molecular weight is 244 g/mol. The molecule has 11 heavy (non-hydrogen) atoms. The molecular weight excluding hydrogens is 223 g/mol. The second-order valence-electron chi connectivity index (χ2n) is 0.854. The van der Waals surface area contributed by atoms with Crippen LogP contribution in [0.4, 0.5) is 0 Å². The molecule has 0 aromatic carbocycles. The van der Waals surface area contributed by atoms with Gasteiger partial charge in [0, 0.05) is 47.5 Å². The van der Waals surface area contributed by atoms with Gasteiger partial charge in [0.1, 0.15) is 0 Å². The van der Waals surface area contributed by atoms with Gasteiger partial charge in [0.25, 0.3) is 0 Å². The van der Waals surface area contributed by atoms with Crippen molar-refractivity contribution in [1.82, 2.24) is 0 Å². The molecule has 0 rings (SSSR count). The molecule has 0 spiro atoms. The Morgan fingerprint density at radius 1 is 0.909 bits per heavy atom. The first-order chi connectivity index (χ1) is 4.91. The summed E-state index contributed by atoms with van der Waals surface area (Å²) in [6.07, 6.45) is 2.28. The standard InChI is InChI=1S/C4H9.3CH4O.Zr/c1-3-4-2;3*1-2;/h1,3-4H2,2H3;3*2H,1H3;/q-1;;;;. The van der Waals surface area contributed by atoms with Crippen LogP contribution >= 0.6 is 0 Å². The van der Waals surface area contributed by atoms with E-state index in [1.807, 2.05) is 0 Å². The van der Waals surface area contributed by atoms with E-state index in [1.165, 1.54) is 6.42 Å². The molecule has 0 fully saturated rings. The number of unbranched alkanes of at least 4 members (excludes halogenated alkanes) is 1. The van der Waals surface area contributed by atoms with E-state index in [4.69, 9.17) is 15.3 Å². The minimum Gasteiger partial charge on any atom is -0.400 e. The van der Waals surface area contributed by atoms with E-state index in [1.54, 1.807) is 0 Å². The van der Waals surface area contributed by atoms with Crippen molar-refractivity contribution in [3.8, 4) is 0 Å². The molecule has 0 bridgehead atoms. The van der Waals surface area contributed by atoms with Crippen LogP contribution in [0.15, 0.2) is 0 Å². The third-order valence-corrected chi connectivity index (χ3v) is 0.354. The number of rotatable bonds is 1. The molecule has 0 saturated heterocycles. The Kier molecular flexibility index (Phi) is 364. The molecular formula is C7H21O3Zr-. The van der Waals surface area contributed by atoms with E-state index >= 15 is 0 Å². The Balaban J connectivity index is -0.0000000152. The summed E-state index contributed by atoms with van der Waals surface area (Å²) in [5, 5.41) is 21.0. The van der Waals surface area contributed by atoms with E-state index in [9.17, 15) is 0 Å². The molecule has 0 aliphatic heterocycles. The van der Waals surface area contributed by atoms with Crippen molar-refractivity contribution in [3.05, 3.63) is 6.92 Å². The molecule has 0 aromatic rings. The molecule has 3 nitrogen and oxygen atoms in total. The van der Waals surface area contributed by atoms with Gasteiger partial charge in [-0.15, -0.1) is 0 Å². The second kappa shape index (κ2) is 134. The predicted octanol–water partition coefficient (Wildman–Crippen LogP) is 0.444. The normalized spacial score (nSPS) is 4.36. The minimum atomic E-state index is 0. The summed E-state index contributed by atoms with van der Waals surface area (Å²) in [5.41, 5.74) is 0. The van der Waals surface area contributed by atoms with Crippen LogP contribution < -0.4 is 0 Å². The summed E-state index contributed by atoms with van der Waals surface area (Å²) in [6, 6.07) is 0. The smallest absolute Gasteiger partial charge is 0.0319 e. The van der Waals surface area contributed by atoms with E-state index in [2.05, 4.69) is 13.8 Å². The molecule has 72 valence electrons. The number of hydrogen-bond acceptors (Lipinski definition) is 3. The summed E-state index contributed by atoms with van der Waals surface area (Å²) >= 11 is 0. The van der Waals surface area contributed by atoms with Crippen molar-refractivity contribution < 1.29 is 41.5 Å². The zero-order valence-electron chi connectivity index (χ0n) is 7.96. The summed E-state index contributed by atoms with van der Waals surface area (Å²) in [4.78, 5) is 0. The molecule has 3 N–H and O–H groups in total. The number of aliphatic hydroxyl groups is 3. The van der Waals surface area contributed by atoms with E-state index in [0.717, 1.165) is 27.8 Å². The zero-order valence-corrected chi connectivity index (χ0v) is 10.4. The molecule has 0 atom stereocenters. The van der Waals surface area contributed by atoms with Crippen LogP contribution in [0.25, 0.3) is 0 Å². The van der Waals surface area contributed by atoms with Crippen molar-refractivity contribution >= 4 is 0 Å². The van der Waals surface area contributed by atoms with Crippen molar-refractivity contribution in [1.29, 1.82) is 0 Å². The largest absolute Gasteiger partial charge is 0.400 e. The number of hydrogen-bond donors (Lipinski definition) is 3. The summed E-state index contributed by atoms with van der Waals surface area (Å²) < 4.78 is 0. The maximum absolute atomic E-state index is 7.00. The third-order valence-electron chi connectivity index (χ3n) is 0.354. The van der Waals surface area contributed by atoms with Crippen LogP contribution in [0.1, 0.15) is 19.8 Å². The quantitative estimate of drug-likeness (QED) is 0.587. The Hall–Kier alpha value is 0.763. The SMILES string of the molecule is CO.CO.CO.[CH2-]CCC.[Zr]. The fraction of sp³-hybridized carbons (Fsp3) is 0.857. The van der Waals surface area contributed by atoms with E-state index < -0.39 is 0 Å². The minimum absolute atomic E-state index is 0. The van der Waals surface area contributed by atoms with Crippen LogP contribution in [-0.2, 0) is 26.2 Å². The Bertz CT molecular complexity index is 15.6. The summed E-state index contributed by atoms with van der Waals surface area (Å²) in [7, 11) is 3.00. The van der Waals surface area contributed by atoms with Crippen LogP contribution in [0.3, 0.4) is 0 Å². The van der Waals surface area contributed by atoms with Gasteiger partial charge in [0.2, 0.25) is 0 Å². The van der Waals surface area contributed by atoms with Crippen LogP contribution in [0.5, 0.6) is 0 Å². The molecule has 0 aromatic heterocycles. The number of aliphatic hydroxyl groups excluding tert-OH is 3. The Labute approximate surface area is 89.6 Å². The molecule has 0 aliphatic carbocycles. The first-order valence-corrected chi connectivity index (χ1v) is 3.05. The average Bonchev–Trinajstić information content (AvgIpc) is 2.14. The van der Waals surface area contributed by atoms with Gasteiger partial charge in [-0.3, -0.25) is 0 Å². The van der Waals surface area contributed by atoms with Crippen LogP contribution in [0, 0.1) is 6.92 Å². The van der Waals surface area contributed by atoms with Gasteiger partial charge in [0.05, 0.1) is 0 Å². The van der Waals surface area contributed by atoms with E-state index in [-0.39, 0.29) is 26.2 Å². The van der Waals surface area contributed by atoms with Gasteiger partial charge < -0.3 is 22.2 Å². The fourth-order valence-electron chi connectivity index (χ4n) is 0. The molecule has 0 amide bonds. The van der Waals surface area contributed by atoms with E-state index in [0.29, 0.717) is 0 Å². The van der Waals surface area contributed by atoms with Crippen molar-refractivity contribution in [2.24, 2.45) is 0 Å². The maximum atomic E-state index is 7.00. The zero-order chi connectivity index (χ0) is 9.41. The first-order valence-electron chi connectivity index (χ1n) is 3.05. The summed E-state index contributed by atoms with van der Waals surface area (Å²) in [5.74, 6) is 0. The molecule has 0 radical (unpaired) electrons. The van der Waals surface area contributed by atoms with Crippen molar-refractivity contribution in [3.63, 3.8) is 0 Å². The maximum Gasteiger partial charge on any atom is 0.0319 e. The fourth-order valence-corrected chi connectivity index (χ4v) is 0. The molecule has 0 saturated carbocycles. The molecule has 0 unspecified atom stereocenters. The Morgan fingerprint density at radius 3 is 1.00 bits per heavy atom. The first kappa shape index (κ1) is 29.8. The molecule has 0 heterocycles. The van der Waals surface area contributed by atoms with Crippen molar-refractivity contribution in [2.45, 2.75) is 19.8 Å². The Morgan fingerprint density at radius 2 is 1.00 bits per heavy atom. The monoisotopic (exact) mass is 243 g/mol. The second-order valence-corrected chi connectivity index (χ2v) is 0.854. The summed E-state index contributed by atoms with van der Waals surface area (Å²) in [6.45, 7) is 5.72. The van der Waals surface area contributed by atoms with Gasteiger partial charge in [0.15, 0.2) is 0 Å². The van der Waals surface area contributed by atoms with Crippen LogP contribution in [-0.4, -0.2) is 36.6 Å². The van der Waals surface area contributed by atoms with Crippen molar-refractivity contribution in [2.75, 3.05) is 21.3 Å². The van der Waals surface area contributed by atoms with Crippen LogP contribution in [0.2, 0.25) is 0 Å².